The summed E-state index contributed by atoms with van der Waals surface area (Å²) in [6, 6.07) is 7.22. The molecular formula is C13H17NO2. The summed E-state index contributed by atoms with van der Waals surface area (Å²) in [5.74, 6) is -0.104. The van der Waals surface area contributed by atoms with Crippen LogP contribution in [-0.4, -0.2) is 21.5 Å². The second-order valence-electron chi connectivity index (χ2n) is 5.38. The van der Waals surface area contributed by atoms with E-state index in [1.54, 1.807) is 19.1 Å². The molecule has 1 aliphatic rings. The Morgan fingerprint density at radius 3 is 2.31 bits per heavy atom. The first-order valence-electron chi connectivity index (χ1n) is 5.43. The Kier molecular flexibility index (Phi) is 2.14. The van der Waals surface area contributed by atoms with Gasteiger partial charge in [-0.25, -0.2) is 0 Å². The highest BCUT2D eigenvalue weighted by Gasteiger charge is 2.49. The Labute approximate surface area is 95.7 Å². The molecule has 0 bridgehead atoms. The SMILES string of the molecule is CC(C)(C)N1C(=O)c2ccccc2C1(C)O. The number of benzene rings is 1. The Morgan fingerprint density at radius 1 is 1.25 bits per heavy atom. The molecule has 0 aliphatic carbocycles. The third kappa shape index (κ3) is 1.35. The maximum atomic E-state index is 12.2. The molecule has 1 aromatic rings. The number of carbonyl (C=O) groups is 1. The van der Waals surface area contributed by atoms with E-state index in [4.69, 9.17) is 0 Å². The zero-order chi connectivity index (χ0) is 12.1. The minimum atomic E-state index is -1.22. The smallest absolute Gasteiger partial charge is 0.257 e. The zero-order valence-electron chi connectivity index (χ0n) is 10.1. The Hall–Kier alpha value is -1.35. The molecule has 3 nitrogen and oxygen atoms in total. The molecule has 1 aromatic carbocycles. The van der Waals surface area contributed by atoms with Crippen molar-refractivity contribution in [1.82, 2.24) is 4.90 Å². The highest BCUT2D eigenvalue weighted by atomic mass is 16.3. The first-order chi connectivity index (χ1) is 7.26. The summed E-state index contributed by atoms with van der Waals surface area (Å²) in [5.41, 5.74) is -0.330. The molecule has 1 aliphatic heterocycles. The summed E-state index contributed by atoms with van der Waals surface area (Å²) in [6.45, 7) is 7.43. The van der Waals surface area contributed by atoms with Gasteiger partial charge in [0.25, 0.3) is 5.91 Å². The van der Waals surface area contributed by atoms with Crippen LogP contribution in [-0.2, 0) is 5.72 Å². The van der Waals surface area contributed by atoms with Gasteiger partial charge in [-0.3, -0.25) is 4.79 Å². The molecule has 1 atom stereocenters. The van der Waals surface area contributed by atoms with E-state index >= 15 is 0 Å². The number of hydrogen-bond donors (Lipinski definition) is 1. The lowest BCUT2D eigenvalue weighted by Gasteiger charge is -2.41. The minimum absolute atomic E-state index is 0.104. The van der Waals surface area contributed by atoms with Crippen LogP contribution in [0.5, 0.6) is 0 Å². The fraction of sp³-hybridized carbons (Fsp3) is 0.462. The van der Waals surface area contributed by atoms with E-state index in [9.17, 15) is 9.90 Å². The van der Waals surface area contributed by atoms with Gasteiger partial charge in [0.15, 0.2) is 5.72 Å². The lowest BCUT2D eigenvalue weighted by atomic mass is 10.00. The van der Waals surface area contributed by atoms with E-state index in [-0.39, 0.29) is 5.91 Å². The molecule has 1 unspecified atom stereocenters. The molecule has 1 heterocycles. The van der Waals surface area contributed by atoms with E-state index in [0.717, 1.165) is 0 Å². The maximum Gasteiger partial charge on any atom is 0.257 e. The third-order valence-electron chi connectivity index (χ3n) is 2.98. The van der Waals surface area contributed by atoms with Gasteiger partial charge in [0, 0.05) is 16.7 Å². The predicted molar refractivity (Wildman–Crippen MR) is 61.9 cm³/mol. The quantitative estimate of drug-likeness (QED) is 0.726. The van der Waals surface area contributed by atoms with Gasteiger partial charge in [-0.2, -0.15) is 0 Å². The third-order valence-corrected chi connectivity index (χ3v) is 2.98. The highest BCUT2D eigenvalue weighted by Crippen LogP contribution is 2.40. The number of aliphatic hydroxyl groups is 1. The van der Waals surface area contributed by atoms with Gasteiger partial charge in [-0.1, -0.05) is 18.2 Å². The minimum Gasteiger partial charge on any atom is -0.367 e. The Bertz CT molecular complexity index is 443. The number of amides is 1. The van der Waals surface area contributed by atoms with E-state index in [1.165, 1.54) is 4.90 Å². The zero-order valence-corrected chi connectivity index (χ0v) is 10.1. The van der Waals surface area contributed by atoms with E-state index in [2.05, 4.69) is 0 Å². The largest absolute Gasteiger partial charge is 0.367 e. The van der Waals surface area contributed by atoms with Crippen molar-refractivity contribution < 1.29 is 9.90 Å². The summed E-state index contributed by atoms with van der Waals surface area (Å²) >= 11 is 0. The van der Waals surface area contributed by atoms with Gasteiger partial charge >= 0.3 is 0 Å². The average Bonchev–Trinajstić information content (AvgIpc) is 2.34. The summed E-state index contributed by atoms with van der Waals surface area (Å²) in [4.78, 5) is 13.8. The molecule has 86 valence electrons. The van der Waals surface area contributed by atoms with Crippen LogP contribution in [0.2, 0.25) is 0 Å². The molecule has 0 saturated heterocycles. The fourth-order valence-corrected chi connectivity index (χ4v) is 2.48. The molecule has 1 amide bonds. The fourth-order valence-electron chi connectivity index (χ4n) is 2.48. The molecule has 0 fully saturated rings. The molecule has 1 N–H and O–H groups in total. The van der Waals surface area contributed by atoms with Crippen molar-refractivity contribution in [2.24, 2.45) is 0 Å². The number of carbonyl (C=O) groups excluding carboxylic acids is 1. The molecular weight excluding hydrogens is 202 g/mol. The molecule has 3 heteroatoms. The van der Waals surface area contributed by atoms with Crippen LogP contribution in [0.15, 0.2) is 24.3 Å². The summed E-state index contributed by atoms with van der Waals surface area (Å²) < 4.78 is 0. The monoisotopic (exact) mass is 219 g/mol. The van der Waals surface area contributed by atoms with Crippen LogP contribution < -0.4 is 0 Å². The van der Waals surface area contributed by atoms with E-state index in [1.807, 2.05) is 32.9 Å². The van der Waals surface area contributed by atoms with E-state index < -0.39 is 11.3 Å². The number of rotatable bonds is 0. The topological polar surface area (TPSA) is 40.5 Å². The van der Waals surface area contributed by atoms with E-state index in [0.29, 0.717) is 11.1 Å². The average molecular weight is 219 g/mol. The highest BCUT2D eigenvalue weighted by molar-refractivity contribution is 6.00. The van der Waals surface area contributed by atoms with Crippen molar-refractivity contribution in [3.05, 3.63) is 35.4 Å². The molecule has 0 saturated carbocycles. The van der Waals surface area contributed by atoms with Crippen molar-refractivity contribution in [3.8, 4) is 0 Å². The van der Waals surface area contributed by atoms with Crippen molar-refractivity contribution in [1.29, 1.82) is 0 Å². The van der Waals surface area contributed by atoms with Gasteiger partial charge in [-0.15, -0.1) is 0 Å². The molecule has 0 radical (unpaired) electrons. The van der Waals surface area contributed by atoms with Gasteiger partial charge in [0.1, 0.15) is 0 Å². The number of hydrogen-bond acceptors (Lipinski definition) is 2. The van der Waals surface area contributed by atoms with Gasteiger partial charge in [-0.05, 0) is 33.8 Å². The number of nitrogens with zero attached hydrogens (tertiary/aromatic N) is 1. The van der Waals surface area contributed by atoms with Gasteiger partial charge in [0.2, 0.25) is 0 Å². The summed E-state index contributed by atoms with van der Waals surface area (Å²) in [7, 11) is 0. The van der Waals surface area contributed by atoms with Gasteiger partial charge in [0.05, 0.1) is 0 Å². The summed E-state index contributed by atoms with van der Waals surface area (Å²) in [6.07, 6.45) is 0. The Morgan fingerprint density at radius 2 is 1.81 bits per heavy atom. The van der Waals surface area contributed by atoms with Crippen molar-refractivity contribution in [2.45, 2.75) is 39.0 Å². The van der Waals surface area contributed by atoms with Crippen LogP contribution in [0, 0.1) is 0 Å². The number of fused-ring (bicyclic) bond motifs is 1. The predicted octanol–water partition coefficient (Wildman–Crippen LogP) is 2.11. The van der Waals surface area contributed by atoms with Crippen molar-refractivity contribution >= 4 is 5.91 Å². The van der Waals surface area contributed by atoms with Crippen LogP contribution in [0.25, 0.3) is 0 Å². The Balaban J connectivity index is 2.62. The van der Waals surface area contributed by atoms with Crippen molar-refractivity contribution in [3.63, 3.8) is 0 Å². The van der Waals surface area contributed by atoms with Crippen LogP contribution in [0.1, 0.15) is 43.6 Å². The van der Waals surface area contributed by atoms with Crippen molar-refractivity contribution in [2.75, 3.05) is 0 Å². The molecule has 0 aromatic heterocycles. The lowest BCUT2D eigenvalue weighted by Crippen LogP contribution is -2.52. The second-order valence-corrected chi connectivity index (χ2v) is 5.38. The molecule has 2 rings (SSSR count). The maximum absolute atomic E-state index is 12.2. The van der Waals surface area contributed by atoms with Gasteiger partial charge < -0.3 is 10.0 Å². The first-order valence-corrected chi connectivity index (χ1v) is 5.43. The first kappa shape index (κ1) is 11.1. The van der Waals surface area contributed by atoms with Crippen LogP contribution in [0.3, 0.4) is 0 Å². The lowest BCUT2D eigenvalue weighted by molar-refractivity contribution is -0.105. The normalized spacial score (nSPS) is 24.8. The molecule has 16 heavy (non-hydrogen) atoms. The molecule has 0 spiro atoms. The standard InChI is InChI=1S/C13H17NO2/c1-12(2,3)14-11(15)9-7-5-6-8-10(9)13(14,4)16/h5-8,16H,1-4H3. The summed E-state index contributed by atoms with van der Waals surface area (Å²) in [5, 5.41) is 10.5. The second kappa shape index (κ2) is 3.08. The van der Waals surface area contributed by atoms with Crippen LogP contribution >= 0.6 is 0 Å². The van der Waals surface area contributed by atoms with Crippen LogP contribution in [0.4, 0.5) is 0 Å².